The number of benzene rings is 2. The summed E-state index contributed by atoms with van der Waals surface area (Å²) in [5.74, 6) is 0.695. The van der Waals surface area contributed by atoms with Gasteiger partial charge in [-0.1, -0.05) is 41.9 Å². The lowest BCUT2D eigenvalue weighted by atomic mass is 9.90. The smallest absolute Gasteiger partial charge is 0.238 e. The summed E-state index contributed by atoms with van der Waals surface area (Å²) in [7, 11) is 0. The maximum Gasteiger partial charge on any atom is 0.238 e. The third kappa shape index (κ3) is 5.82. The van der Waals surface area contributed by atoms with Crippen molar-refractivity contribution in [1.82, 2.24) is 4.90 Å². The topological polar surface area (TPSA) is 56.1 Å². The van der Waals surface area contributed by atoms with Crippen LogP contribution in [0.4, 0.5) is 5.69 Å². The van der Waals surface area contributed by atoms with Crippen LogP contribution in [0.5, 0.6) is 0 Å². The van der Waals surface area contributed by atoms with Crippen molar-refractivity contribution in [1.29, 1.82) is 5.26 Å². The molecule has 1 aliphatic rings. The van der Waals surface area contributed by atoms with Crippen LogP contribution in [0.25, 0.3) is 0 Å². The van der Waals surface area contributed by atoms with Crippen molar-refractivity contribution < 1.29 is 4.79 Å². The minimum Gasteiger partial charge on any atom is -0.325 e. The summed E-state index contributed by atoms with van der Waals surface area (Å²) in [5, 5.41) is 12.1. The number of nitriles is 1. The van der Waals surface area contributed by atoms with Gasteiger partial charge in [-0.05, 0) is 68.5 Å². The molecule has 5 heteroatoms. The van der Waals surface area contributed by atoms with E-state index in [0.29, 0.717) is 22.8 Å². The third-order valence-electron chi connectivity index (χ3n) is 5.13. The fourth-order valence-electron chi connectivity index (χ4n) is 3.54. The fraction of sp³-hybridized carbons (Fsp3) is 0.364. The molecule has 2 aromatic carbocycles. The fourth-order valence-corrected chi connectivity index (χ4v) is 3.76. The van der Waals surface area contributed by atoms with E-state index in [2.05, 4.69) is 40.5 Å². The Hall–Kier alpha value is -2.35. The van der Waals surface area contributed by atoms with Gasteiger partial charge >= 0.3 is 0 Å². The van der Waals surface area contributed by atoms with Crippen LogP contribution in [-0.2, 0) is 11.2 Å². The largest absolute Gasteiger partial charge is 0.325 e. The number of rotatable bonds is 6. The number of carbonyl (C=O) groups excluding carboxylic acids is 1. The number of nitrogens with zero attached hydrogens (tertiary/aromatic N) is 2. The van der Waals surface area contributed by atoms with Crippen LogP contribution < -0.4 is 5.32 Å². The molecule has 3 rings (SSSR count). The molecule has 1 amide bonds. The molecular weight excluding hydrogens is 358 g/mol. The molecule has 0 radical (unpaired) electrons. The number of nitrogens with one attached hydrogen (secondary N) is 1. The van der Waals surface area contributed by atoms with E-state index in [9.17, 15) is 4.79 Å². The average Bonchev–Trinajstić information content (AvgIpc) is 2.68. The molecule has 0 atom stereocenters. The summed E-state index contributed by atoms with van der Waals surface area (Å²) >= 11 is 6.01. The Bertz CT molecular complexity index is 808. The maximum atomic E-state index is 12.3. The van der Waals surface area contributed by atoms with Crippen molar-refractivity contribution >= 4 is 23.2 Å². The Morgan fingerprint density at radius 1 is 1.19 bits per heavy atom. The second kappa shape index (κ2) is 9.55. The van der Waals surface area contributed by atoms with Crippen molar-refractivity contribution in [3.8, 4) is 6.07 Å². The predicted octanol–water partition coefficient (Wildman–Crippen LogP) is 4.49. The van der Waals surface area contributed by atoms with Crippen LogP contribution in [0.1, 0.15) is 30.4 Å². The van der Waals surface area contributed by atoms with Crippen molar-refractivity contribution in [3.63, 3.8) is 0 Å². The average molecular weight is 382 g/mol. The number of anilines is 1. The minimum atomic E-state index is -0.0430. The lowest BCUT2D eigenvalue weighted by Gasteiger charge is -2.31. The van der Waals surface area contributed by atoms with E-state index in [-0.39, 0.29) is 5.91 Å². The van der Waals surface area contributed by atoms with Crippen LogP contribution in [0.15, 0.2) is 48.5 Å². The van der Waals surface area contributed by atoms with E-state index in [1.165, 1.54) is 12.0 Å². The second-order valence-electron chi connectivity index (χ2n) is 7.10. The Balaban J connectivity index is 1.40. The van der Waals surface area contributed by atoms with Gasteiger partial charge in [-0.3, -0.25) is 9.69 Å². The number of hydrogen-bond donors (Lipinski definition) is 1. The molecule has 0 aromatic heterocycles. The van der Waals surface area contributed by atoms with Gasteiger partial charge in [0.05, 0.1) is 17.1 Å². The first-order chi connectivity index (χ1) is 13.1. The van der Waals surface area contributed by atoms with E-state index >= 15 is 0 Å². The third-order valence-corrected chi connectivity index (χ3v) is 5.44. The normalized spacial score (nSPS) is 15.3. The van der Waals surface area contributed by atoms with Gasteiger partial charge in [0.2, 0.25) is 5.91 Å². The predicted molar refractivity (Wildman–Crippen MR) is 109 cm³/mol. The van der Waals surface area contributed by atoms with Crippen LogP contribution >= 0.6 is 11.6 Å². The van der Waals surface area contributed by atoms with Crippen molar-refractivity contribution in [2.45, 2.75) is 25.7 Å². The summed E-state index contributed by atoms with van der Waals surface area (Å²) in [5.41, 5.74) is 2.44. The number of hydrogen-bond acceptors (Lipinski definition) is 3. The molecule has 1 aliphatic heterocycles. The second-order valence-corrected chi connectivity index (χ2v) is 7.51. The van der Waals surface area contributed by atoms with Crippen LogP contribution in [0.3, 0.4) is 0 Å². The van der Waals surface area contributed by atoms with Crippen molar-refractivity contribution in [3.05, 3.63) is 64.7 Å². The standard InChI is InChI=1S/C22H24ClN3O/c23-21-14-20(9-8-19(21)15-24)25-22(27)16-26-12-10-18(11-13-26)7-6-17-4-2-1-3-5-17/h1-5,8-9,14,18H,6-7,10-13,16H2,(H,25,27). The molecule has 0 saturated carbocycles. The highest BCUT2D eigenvalue weighted by Crippen LogP contribution is 2.23. The first-order valence-electron chi connectivity index (χ1n) is 9.40. The molecule has 1 fully saturated rings. The van der Waals surface area contributed by atoms with E-state index in [4.69, 9.17) is 16.9 Å². The van der Waals surface area contributed by atoms with Gasteiger partial charge in [0.25, 0.3) is 0 Å². The van der Waals surface area contributed by atoms with Gasteiger partial charge in [-0.2, -0.15) is 5.26 Å². The number of carbonyl (C=O) groups is 1. The summed E-state index contributed by atoms with van der Waals surface area (Å²) < 4.78 is 0. The van der Waals surface area contributed by atoms with Gasteiger partial charge < -0.3 is 5.32 Å². The van der Waals surface area contributed by atoms with Gasteiger partial charge in [-0.15, -0.1) is 0 Å². The lowest BCUT2D eigenvalue weighted by molar-refractivity contribution is -0.117. The highest BCUT2D eigenvalue weighted by Gasteiger charge is 2.20. The number of halogens is 1. The van der Waals surface area contributed by atoms with Gasteiger partial charge in [0.15, 0.2) is 0 Å². The van der Waals surface area contributed by atoms with Crippen molar-refractivity contribution in [2.75, 3.05) is 25.0 Å². The van der Waals surface area contributed by atoms with E-state index < -0.39 is 0 Å². The minimum absolute atomic E-state index is 0.0430. The highest BCUT2D eigenvalue weighted by atomic mass is 35.5. The maximum absolute atomic E-state index is 12.3. The molecule has 0 bridgehead atoms. The Morgan fingerprint density at radius 3 is 2.59 bits per heavy atom. The van der Waals surface area contributed by atoms with Crippen LogP contribution in [0.2, 0.25) is 5.02 Å². The van der Waals surface area contributed by atoms with Gasteiger partial charge in [-0.25, -0.2) is 0 Å². The zero-order chi connectivity index (χ0) is 19.1. The van der Waals surface area contributed by atoms with Crippen LogP contribution in [-0.4, -0.2) is 30.4 Å². The molecular formula is C22H24ClN3O. The molecule has 4 nitrogen and oxygen atoms in total. The number of piperidine rings is 1. The SMILES string of the molecule is N#Cc1ccc(NC(=O)CN2CCC(CCc3ccccc3)CC2)cc1Cl. The summed E-state index contributed by atoms with van der Waals surface area (Å²) in [6.45, 7) is 2.31. The number of aryl methyl sites for hydroxylation is 1. The first-order valence-corrected chi connectivity index (χ1v) is 9.77. The number of likely N-dealkylation sites (tertiary alicyclic amines) is 1. The highest BCUT2D eigenvalue weighted by molar-refractivity contribution is 6.32. The van der Waals surface area contributed by atoms with E-state index in [0.717, 1.165) is 38.3 Å². The molecule has 1 saturated heterocycles. The Labute approximate surface area is 165 Å². The molecule has 0 unspecified atom stereocenters. The van der Waals surface area contributed by atoms with E-state index in [1.54, 1.807) is 18.2 Å². The molecule has 1 N–H and O–H groups in total. The Kier molecular flexibility index (Phi) is 6.86. The quantitative estimate of drug-likeness (QED) is 0.801. The van der Waals surface area contributed by atoms with E-state index in [1.807, 2.05) is 6.07 Å². The molecule has 2 aromatic rings. The number of amides is 1. The first kappa shape index (κ1) is 19.4. The van der Waals surface area contributed by atoms with Gasteiger partial charge in [0.1, 0.15) is 6.07 Å². The molecule has 140 valence electrons. The molecule has 1 heterocycles. The summed E-state index contributed by atoms with van der Waals surface area (Å²) in [6.07, 6.45) is 4.63. The Morgan fingerprint density at radius 2 is 1.93 bits per heavy atom. The molecule has 27 heavy (non-hydrogen) atoms. The molecule has 0 spiro atoms. The summed E-state index contributed by atoms with van der Waals surface area (Å²) in [4.78, 5) is 14.5. The zero-order valence-corrected chi connectivity index (χ0v) is 16.1. The zero-order valence-electron chi connectivity index (χ0n) is 15.3. The monoisotopic (exact) mass is 381 g/mol. The summed E-state index contributed by atoms with van der Waals surface area (Å²) in [6, 6.07) is 17.6. The van der Waals surface area contributed by atoms with Crippen LogP contribution in [0, 0.1) is 17.2 Å². The lowest BCUT2D eigenvalue weighted by Crippen LogP contribution is -2.39. The van der Waals surface area contributed by atoms with Crippen molar-refractivity contribution in [2.24, 2.45) is 5.92 Å². The van der Waals surface area contributed by atoms with Gasteiger partial charge in [0, 0.05) is 5.69 Å². The molecule has 0 aliphatic carbocycles.